The summed E-state index contributed by atoms with van der Waals surface area (Å²) in [6.45, 7) is 0. The van der Waals surface area contributed by atoms with E-state index in [0.29, 0.717) is 18.4 Å². The third kappa shape index (κ3) is 1.11. The first-order valence-corrected chi connectivity index (χ1v) is 3.98. The quantitative estimate of drug-likeness (QED) is 0.603. The SMILES string of the molecule is N#Cc1cc2c(cc1F)C(=O)CC2. The van der Waals surface area contributed by atoms with Gasteiger partial charge in [0.1, 0.15) is 11.9 Å². The van der Waals surface area contributed by atoms with Gasteiger partial charge in [0.2, 0.25) is 0 Å². The molecule has 0 N–H and O–H groups in total. The van der Waals surface area contributed by atoms with Crippen LogP contribution in [0.1, 0.15) is 27.9 Å². The minimum absolute atomic E-state index is 0.0217. The van der Waals surface area contributed by atoms with Crippen molar-refractivity contribution < 1.29 is 9.18 Å². The molecular formula is C10H6FNO. The summed E-state index contributed by atoms with van der Waals surface area (Å²) in [6.07, 6.45) is 1.06. The maximum atomic E-state index is 13.0. The van der Waals surface area contributed by atoms with Gasteiger partial charge in [0.05, 0.1) is 5.56 Å². The molecule has 13 heavy (non-hydrogen) atoms. The fraction of sp³-hybridized carbons (Fsp3) is 0.200. The van der Waals surface area contributed by atoms with Crippen LogP contribution in [-0.4, -0.2) is 5.78 Å². The lowest BCUT2D eigenvalue weighted by molar-refractivity contribution is 0.0994. The second-order valence-electron chi connectivity index (χ2n) is 3.02. The number of aryl methyl sites for hydroxylation is 1. The molecule has 0 amide bonds. The van der Waals surface area contributed by atoms with E-state index in [1.165, 1.54) is 12.1 Å². The largest absolute Gasteiger partial charge is 0.294 e. The lowest BCUT2D eigenvalue weighted by atomic mass is 10.1. The van der Waals surface area contributed by atoms with Crippen molar-refractivity contribution in [2.24, 2.45) is 0 Å². The molecule has 0 bridgehead atoms. The Bertz CT molecular complexity index is 431. The van der Waals surface area contributed by atoms with Gasteiger partial charge < -0.3 is 0 Å². The maximum Gasteiger partial charge on any atom is 0.163 e. The number of carbonyl (C=O) groups is 1. The average Bonchev–Trinajstić information content (AvgIpc) is 2.47. The van der Waals surface area contributed by atoms with Gasteiger partial charge in [0.15, 0.2) is 5.78 Å². The number of benzene rings is 1. The third-order valence-corrected chi connectivity index (χ3v) is 2.24. The second kappa shape index (κ2) is 2.67. The molecule has 3 heteroatoms. The van der Waals surface area contributed by atoms with E-state index in [0.717, 1.165) is 5.56 Å². The van der Waals surface area contributed by atoms with Crippen molar-refractivity contribution in [2.45, 2.75) is 12.8 Å². The molecule has 0 saturated heterocycles. The van der Waals surface area contributed by atoms with Crippen molar-refractivity contribution in [3.05, 3.63) is 34.6 Å². The number of halogens is 1. The molecule has 2 rings (SSSR count). The van der Waals surface area contributed by atoms with Crippen LogP contribution < -0.4 is 0 Å². The molecule has 0 fully saturated rings. The molecule has 0 aromatic heterocycles. The predicted molar refractivity (Wildman–Crippen MR) is 43.8 cm³/mol. The molecule has 1 aliphatic carbocycles. The highest BCUT2D eigenvalue weighted by atomic mass is 19.1. The Morgan fingerprint density at radius 2 is 2.15 bits per heavy atom. The van der Waals surface area contributed by atoms with Crippen LogP contribution >= 0.6 is 0 Å². The monoisotopic (exact) mass is 175 g/mol. The molecular weight excluding hydrogens is 169 g/mol. The topological polar surface area (TPSA) is 40.9 Å². The predicted octanol–water partition coefficient (Wildman–Crippen LogP) is 1.83. The smallest absolute Gasteiger partial charge is 0.163 e. The number of carbonyl (C=O) groups excluding carboxylic acids is 1. The Balaban J connectivity index is 2.65. The summed E-state index contributed by atoms with van der Waals surface area (Å²) >= 11 is 0. The molecule has 0 saturated carbocycles. The van der Waals surface area contributed by atoms with Gasteiger partial charge in [0.25, 0.3) is 0 Å². The first kappa shape index (κ1) is 7.93. The molecule has 0 heterocycles. The fourth-order valence-corrected chi connectivity index (χ4v) is 1.55. The van der Waals surface area contributed by atoms with Crippen LogP contribution in [0.2, 0.25) is 0 Å². The molecule has 64 valence electrons. The first-order chi connectivity index (χ1) is 6.22. The number of nitriles is 1. The zero-order valence-electron chi connectivity index (χ0n) is 6.80. The minimum Gasteiger partial charge on any atom is -0.294 e. The average molecular weight is 175 g/mol. The van der Waals surface area contributed by atoms with Crippen molar-refractivity contribution in [3.8, 4) is 6.07 Å². The van der Waals surface area contributed by atoms with E-state index in [9.17, 15) is 9.18 Å². The van der Waals surface area contributed by atoms with Gasteiger partial charge in [-0.15, -0.1) is 0 Å². The molecule has 2 nitrogen and oxygen atoms in total. The van der Waals surface area contributed by atoms with Crippen LogP contribution in [0, 0.1) is 17.1 Å². The van der Waals surface area contributed by atoms with E-state index in [2.05, 4.69) is 0 Å². The molecule has 0 unspecified atom stereocenters. The van der Waals surface area contributed by atoms with Gasteiger partial charge in [-0.05, 0) is 24.1 Å². The highest BCUT2D eigenvalue weighted by Crippen LogP contribution is 2.24. The number of fused-ring (bicyclic) bond motifs is 1. The summed E-state index contributed by atoms with van der Waals surface area (Å²) in [5.74, 6) is -0.630. The molecule has 0 aliphatic heterocycles. The summed E-state index contributed by atoms with van der Waals surface area (Å²) in [4.78, 5) is 11.2. The Kier molecular flexibility index (Phi) is 1.63. The maximum absolute atomic E-state index is 13.0. The Labute approximate surface area is 74.6 Å². The van der Waals surface area contributed by atoms with E-state index < -0.39 is 5.82 Å². The summed E-state index contributed by atoms with van der Waals surface area (Å²) in [6, 6.07) is 4.39. The lowest BCUT2D eigenvalue weighted by Gasteiger charge is -1.98. The Morgan fingerprint density at radius 3 is 2.85 bits per heavy atom. The Morgan fingerprint density at radius 1 is 1.38 bits per heavy atom. The molecule has 1 aliphatic rings. The number of Topliss-reactive ketones (excluding diaryl/α,β-unsaturated/α-hetero) is 1. The number of hydrogen-bond donors (Lipinski definition) is 0. The summed E-state index contributed by atoms with van der Waals surface area (Å²) in [5, 5.41) is 8.54. The van der Waals surface area contributed by atoms with Crippen LogP contribution in [0.15, 0.2) is 12.1 Å². The Hall–Kier alpha value is -1.69. The summed E-state index contributed by atoms with van der Waals surface area (Å²) < 4.78 is 13.0. The molecule has 0 atom stereocenters. The standard InChI is InChI=1S/C10H6FNO/c11-9-4-8-6(1-2-10(8)13)3-7(9)5-12/h3-4H,1-2H2. The van der Waals surface area contributed by atoms with Gasteiger partial charge in [-0.1, -0.05) is 0 Å². The number of nitrogens with zero attached hydrogens (tertiary/aromatic N) is 1. The van der Waals surface area contributed by atoms with Crippen molar-refractivity contribution >= 4 is 5.78 Å². The second-order valence-corrected chi connectivity index (χ2v) is 3.02. The molecule has 0 spiro atoms. The van der Waals surface area contributed by atoms with E-state index in [1.807, 2.05) is 0 Å². The lowest BCUT2D eigenvalue weighted by Crippen LogP contribution is -1.94. The van der Waals surface area contributed by atoms with Gasteiger partial charge in [-0.3, -0.25) is 4.79 Å². The molecule has 1 aromatic carbocycles. The number of hydrogen-bond acceptors (Lipinski definition) is 2. The number of ketones is 1. The highest BCUT2D eigenvalue weighted by molar-refractivity contribution is 6.00. The van der Waals surface area contributed by atoms with Gasteiger partial charge in [0, 0.05) is 12.0 Å². The first-order valence-electron chi connectivity index (χ1n) is 3.98. The zero-order valence-corrected chi connectivity index (χ0v) is 6.80. The van der Waals surface area contributed by atoms with Crippen molar-refractivity contribution in [3.63, 3.8) is 0 Å². The normalized spacial score (nSPS) is 14.0. The van der Waals surface area contributed by atoms with Crippen molar-refractivity contribution in [1.29, 1.82) is 5.26 Å². The van der Waals surface area contributed by atoms with E-state index in [-0.39, 0.29) is 11.3 Å². The number of rotatable bonds is 0. The summed E-state index contributed by atoms with van der Waals surface area (Å²) in [7, 11) is 0. The van der Waals surface area contributed by atoms with Crippen LogP contribution in [0.3, 0.4) is 0 Å². The van der Waals surface area contributed by atoms with E-state index in [1.54, 1.807) is 6.07 Å². The molecule has 0 radical (unpaired) electrons. The zero-order chi connectivity index (χ0) is 9.42. The summed E-state index contributed by atoms with van der Waals surface area (Å²) in [5.41, 5.74) is 1.26. The highest BCUT2D eigenvalue weighted by Gasteiger charge is 2.21. The van der Waals surface area contributed by atoms with Crippen LogP contribution in [0.4, 0.5) is 4.39 Å². The third-order valence-electron chi connectivity index (χ3n) is 2.24. The minimum atomic E-state index is -0.600. The van der Waals surface area contributed by atoms with E-state index >= 15 is 0 Å². The van der Waals surface area contributed by atoms with Crippen LogP contribution in [-0.2, 0) is 6.42 Å². The molecule has 1 aromatic rings. The van der Waals surface area contributed by atoms with Crippen LogP contribution in [0.5, 0.6) is 0 Å². The van der Waals surface area contributed by atoms with Gasteiger partial charge >= 0.3 is 0 Å². The van der Waals surface area contributed by atoms with Crippen molar-refractivity contribution in [2.75, 3.05) is 0 Å². The fourth-order valence-electron chi connectivity index (χ4n) is 1.55. The van der Waals surface area contributed by atoms with Crippen molar-refractivity contribution in [1.82, 2.24) is 0 Å². The van der Waals surface area contributed by atoms with Gasteiger partial charge in [-0.25, -0.2) is 4.39 Å². The van der Waals surface area contributed by atoms with E-state index in [4.69, 9.17) is 5.26 Å². The van der Waals surface area contributed by atoms with Gasteiger partial charge in [-0.2, -0.15) is 5.26 Å². The van der Waals surface area contributed by atoms with Crippen LogP contribution in [0.25, 0.3) is 0 Å².